The molecule has 3 heteroatoms. The van der Waals surface area contributed by atoms with Gasteiger partial charge in [0.2, 0.25) is 0 Å². The van der Waals surface area contributed by atoms with Gasteiger partial charge < -0.3 is 10.6 Å². The molecule has 1 fully saturated rings. The van der Waals surface area contributed by atoms with E-state index in [1.165, 1.54) is 24.0 Å². The number of rotatable bonds is 5. The molecular formula is C19H27N3. The van der Waals surface area contributed by atoms with Gasteiger partial charge in [-0.25, -0.2) is 0 Å². The Bertz CT molecular complexity index is 562. The summed E-state index contributed by atoms with van der Waals surface area (Å²) >= 11 is 0. The van der Waals surface area contributed by atoms with Gasteiger partial charge >= 0.3 is 0 Å². The van der Waals surface area contributed by atoms with Crippen LogP contribution in [-0.2, 0) is 5.41 Å². The van der Waals surface area contributed by atoms with E-state index in [1.807, 2.05) is 0 Å². The topological polar surface area (TPSA) is 36.4 Å². The number of hydrogen-bond acceptors (Lipinski definition) is 1. The monoisotopic (exact) mass is 297 g/mol. The molecule has 3 nitrogen and oxygen atoms in total. The molecular weight excluding hydrogens is 270 g/mol. The van der Waals surface area contributed by atoms with Crippen molar-refractivity contribution in [3.8, 4) is 0 Å². The molecule has 0 spiro atoms. The van der Waals surface area contributed by atoms with Gasteiger partial charge in [-0.1, -0.05) is 36.4 Å². The van der Waals surface area contributed by atoms with Crippen LogP contribution < -0.4 is 10.6 Å². The molecule has 0 aromatic heterocycles. The Morgan fingerprint density at radius 3 is 2.59 bits per heavy atom. The Morgan fingerprint density at radius 1 is 1.23 bits per heavy atom. The largest absolute Gasteiger partial charge is 0.357 e. The number of hydrogen-bond donors (Lipinski definition) is 2. The third kappa shape index (κ3) is 3.34. The zero-order valence-corrected chi connectivity index (χ0v) is 13.7. The van der Waals surface area contributed by atoms with Gasteiger partial charge in [0.25, 0.3) is 0 Å². The first-order valence-corrected chi connectivity index (χ1v) is 8.49. The van der Waals surface area contributed by atoms with E-state index in [9.17, 15) is 0 Å². The molecule has 1 aromatic carbocycles. The number of aryl methyl sites for hydroxylation is 1. The van der Waals surface area contributed by atoms with Crippen LogP contribution in [0.2, 0.25) is 0 Å². The molecule has 2 N–H and O–H groups in total. The smallest absolute Gasteiger partial charge is 0.191 e. The number of nitrogens with one attached hydrogen (secondary N) is 2. The lowest BCUT2D eigenvalue weighted by Crippen LogP contribution is -2.43. The zero-order valence-electron chi connectivity index (χ0n) is 13.7. The van der Waals surface area contributed by atoms with Gasteiger partial charge in [0.1, 0.15) is 0 Å². The second-order valence-electron chi connectivity index (χ2n) is 6.57. The van der Waals surface area contributed by atoms with Crippen LogP contribution in [0.3, 0.4) is 0 Å². The molecule has 0 amide bonds. The third-order valence-corrected chi connectivity index (χ3v) is 4.80. The number of benzene rings is 1. The molecule has 1 aromatic rings. The second kappa shape index (κ2) is 6.55. The average Bonchev–Trinajstić information content (AvgIpc) is 3.13. The summed E-state index contributed by atoms with van der Waals surface area (Å²) in [7, 11) is 0. The van der Waals surface area contributed by atoms with Crippen LogP contribution in [0.25, 0.3) is 0 Å². The van der Waals surface area contributed by atoms with Gasteiger partial charge in [-0.2, -0.15) is 0 Å². The fourth-order valence-electron chi connectivity index (χ4n) is 3.31. The predicted molar refractivity (Wildman–Crippen MR) is 93.4 cm³/mol. The van der Waals surface area contributed by atoms with Crippen LogP contribution >= 0.6 is 0 Å². The van der Waals surface area contributed by atoms with Gasteiger partial charge in [0.15, 0.2) is 5.96 Å². The van der Waals surface area contributed by atoms with Crippen molar-refractivity contribution in [2.45, 2.75) is 51.0 Å². The summed E-state index contributed by atoms with van der Waals surface area (Å²) in [6.07, 6.45) is 9.21. The Hall–Kier alpha value is -1.77. The Labute approximate surface area is 133 Å². The van der Waals surface area contributed by atoms with Crippen molar-refractivity contribution in [2.24, 2.45) is 4.99 Å². The van der Waals surface area contributed by atoms with Crippen molar-refractivity contribution in [1.29, 1.82) is 0 Å². The van der Waals surface area contributed by atoms with E-state index in [2.05, 4.69) is 60.9 Å². The van der Waals surface area contributed by atoms with Crippen molar-refractivity contribution < 1.29 is 0 Å². The first-order valence-electron chi connectivity index (χ1n) is 8.49. The number of guanidine groups is 1. The molecule has 3 rings (SSSR count). The van der Waals surface area contributed by atoms with E-state index in [0.29, 0.717) is 6.04 Å². The molecule has 0 unspecified atom stereocenters. The molecule has 0 saturated heterocycles. The van der Waals surface area contributed by atoms with Crippen molar-refractivity contribution >= 4 is 5.96 Å². The van der Waals surface area contributed by atoms with Crippen LogP contribution in [0.4, 0.5) is 0 Å². The van der Waals surface area contributed by atoms with E-state index in [-0.39, 0.29) is 5.41 Å². The summed E-state index contributed by atoms with van der Waals surface area (Å²) in [5.74, 6) is 0.969. The van der Waals surface area contributed by atoms with Gasteiger partial charge in [-0.05, 0) is 50.7 Å². The summed E-state index contributed by atoms with van der Waals surface area (Å²) in [5, 5.41) is 6.95. The Kier molecular flexibility index (Phi) is 4.51. The molecule has 0 heterocycles. The lowest BCUT2D eigenvalue weighted by molar-refractivity contribution is 0.624. The molecule has 2 aliphatic carbocycles. The minimum atomic E-state index is 0.279. The summed E-state index contributed by atoms with van der Waals surface area (Å²) in [4.78, 5) is 4.90. The van der Waals surface area contributed by atoms with Crippen molar-refractivity contribution in [3.05, 3.63) is 47.5 Å². The first-order chi connectivity index (χ1) is 10.7. The SMILES string of the molecule is CCNC(=NCC1(c2ccccc2C)CC1)NC1CC=CC1. The van der Waals surface area contributed by atoms with E-state index in [1.54, 1.807) is 0 Å². The highest BCUT2D eigenvalue weighted by molar-refractivity contribution is 5.80. The molecule has 1 saturated carbocycles. The molecule has 0 aliphatic heterocycles. The minimum absolute atomic E-state index is 0.279. The highest BCUT2D eigenvalue weighted by Crippen LogP contribution is 2.49. The molecule has 0 atom stereocenters. The quantitative estimate of drug-likeness (QED) is 0.497. The van der Waals surface area contributed by atoms with Crippen LogP contribution in [0.1, 0.15) is 43.7 Å². The Morgan fingerprint density at radius 2 is 1.95 bits per heavy atom. The standard InChI is InChI=1S/C19H27N3/c1-3-20-18(22-16-9-5-6-10-16)21-14-19(12-13-19)17-11-7-4-8-15(17)2/h4-8,11,16H,3,9-10,12-14H2,1-2H3,(H2,20,21,22). The maximum Gasteiger partial charge on any atom is 0.191 e. The predicted octanol–water partition coefficient (Wildman–Crippen LogP) is 3.30. The molecule has 22 heavy (non-hydrogen) atoms. The molecule has 118 valence electrons. The lowest BCUT2D eigenvalue weighted by Gasteiger charge is -2.20. The average molecular weight is 297 g/mol. The normalized spacial score (nSPS) is 20.2. The lowest BCUT2D eigenvalue weighted by atomic mass is 9.92. The van der Waals surface area contributed by atoms with Crippen LogP contribution in [0, 0.1) is 6.92 Å². The van der Waals surface area contributed by atoms with Crippen molar-refractivity contribution in [3.63, 3.8) is 0 Å². The molecule has 0 bridgehead atoms. The van der Waals surface area contributed by atoms with E-state index >= 15 is 0 Å². The third-order valence-electron chi connectivity index (χ3n) is 4.80. The fourth-order valence-corrected chi connectivity index (χ4v) is 3.31. The van der Waals surface area contributed by atoms with Crippen LogP contribution in [-0.4, -0.2) is 25.1 Å². The summed E-state index contributed by atoms with van der Waals surface area (Å²) < 4.78 is 0. The second-order valence-corrected chi connectivity index (χ2v) is 6.57. The van der Waals surface area contributed by atoms with Gasteiger partial charge in [-0.15, -0.1) is 0 Å². The number of aliphatic imine (C=N–C) groups is 1. The van der Waals surface area contributed by atoms with Gasteiger partial charge in [-0.3, -0.25) is 4.99 Å². The van der Waals surface area contributed by atoms with Gasteiger partial charge in [0.05, 0.1) is 6.54 Å². The highest BCUT2D eigenvalue weighted by Gasteiger charge is 2.44. The number of nitrogens with zero attached hydrogens (tertiary/aromatic N) is 1. The summed E-state index contributed by atoms with van der Waals surface area (Å²) in [6, 6.07) is 9.27. The molecule has 0 radical (unpaired) electrons. The highest BCUT2D eigenvalue weighted by atomic mass is 15.2. The van der Waals surface area contributed by atoms with Crippen LogP contribution in [0.15, 0.2) is 41.4 Å². The van der Waals surface area contributed by atoms with Crippen molar-refractivity contribution in [2.75, 3.05) is 13.1 Å². The summed E-state index contributed by atoms with van der Waals surface area (Å²) in [6.45, 7) is 6.13. The van der Waals surface area contributed by atoms with E-state index in [4.69, 9.17) is 4.99 Å². The maximum atomic E-state index is 4.90. The van der Waals surface area contributed by atoms with E-state index in [0.717, 1.165) is 31.9 Å². The maximum absolute atomic E-state index is 4.90. The van der Waals surface area contributed by atoms with Crippen molar-refractivity contribution in [1.82, 2.24) is 10.6 Å². The molecule has 2 aliphatic rings. The fraction of sp³-hybridized carbons (Fsp3) is 0.526. The zero-order chi connectivity index (χ0) is 15.4. The Balaban J connectivity index is 1.68. The summed E-state index contributed by atoms with van der Waals surface area (Å²) in [5.41, 5.74) is 3.16. The van der Waals surface area contributed by atoms with Gasteiger partial charge in [0, 0.05) is 18.0 Å². The van der Waals surface area contributed by atoms with Crippen LogP contribution in [0.5, 0.6) is 0 Å². The minimum Gasteiger partial charge on any atom is -0.357 e. The van der Waals surface area contributed by atoms with E-state index < -0.39 is 0 Å². The first kappa shape index (κ1) is 15.1.